The predicted octanol–water partition coefficient (Wildman–Crippen LogP) is 2.28. The van der Waals surface area contributed by atoms with Gasteiger partial charge in [0, 0.05) is 12.9 Å². The third-order valence-electron chi connectivity index (χ3n) is 2.04. The molecule has 80 valence electrons. The van der Waals surface area contributed by atoms with Crippen molar-refractivity contribution in [2.24, 2.45) is 5.16 Å². The Hall–Kier alpha value is -2.23. The van der Waals surface area contributed by atoms with E-state index in [1.807, 2.05) is 36.4 Å². The van der Waals surface area contributed by atoms with Crippen LogP contribution >= 0.6 is 0 Å². The molecule has 0 spiro atoms. The van der Waals surface area contributed by atoms with Crippen LogP contribution in [0.5, 0.6) is 0 Å². The molecule has 0 N–H and O–H groups in total. The van der Waals surface area contributed by atoms with Crippen LogP contribution in [0, 0.1) is 0 Å². The number of oxime groups is 1. The van der Waals surface area contributed by atoms with Gasteiger partial charge in [-0.1, -0.05) is 12.1 Å². The lowest BCUT2D eigenvalue weighted by Crippen LogP contribution is -1.94. The summed E-state index contributed by atoms with van der Waals surface area (Å²) in [6, 6.07) is 11.4. The summed E-state index contributed by atoms with van der Waals surface area (Å²) in [6.07, 6.45) is 1.74. The van der Waals surface area contributed by atoms with Gasteiger partial charge in [-0.05, 0) is 24.3 Å². The van der Waals surface area contributed by atoms with Gasteiger partial charge in [-0.3, -0.25) is 4.98 Å². The van der Waals surface area contributed by atoms with Crippen LogP contribution < -0.4 is 0 Å². The van der Waals surface area contributed by atoms with Crippen LogP contribution in [0.4, 0.5) is 0 Å². The van der Waals surface area contributed by atoms with Crippen molar-refractivity contribution in [1.82, 2.24) is 9.97 Å². The highest BCUT2D eigenvalue weighted by Crippen LogP contribution is 2.13. The molecule has 0 fully saturated rings. The fraction of sp³-hybridized carbons (Fsp3) is 0.0833. The molecule has 0 aliphatic heterocycles. The van der Waals surface area contributed by atoms with Crippen molar-refractivity contribution in [3.63, 3.8) is 0 Å². The second-order valence-corrected chi connectivity index (χ2v) is 3.13. The number of hydrogen-bond donors (Lipinski definition) is 0. The SMILES string of the molecule is C=NOCc1cccc(-c2ccccn2)n1. The molecule has 0 unspecified atom stereocenters. The van der Waals surface area contributed by atoms with Crippen LogP contribution in [0.25, 0.3) is 11.4 Å². The predicted molar refractivity (Wildman–Crippen MR) is 61.8 cm³/mol. The largest absolute Gasteiger partial charge is 0.390 e. The quantitative estimate of drug-likeness (QED) is 0.578. The molecular weight excluding hydrogens is 202 g/mol. The van der Waals surface area contributed by atoms with Crippen molar-refractivity contribution < 1.29 is 4.84 Å². The molecule has 0 amide bonds. The topological polar surface area (TPSA) is 47.4 Å². The Bertz CT molecular complexity index is 471. The van der Waals surface area contributed by atoms with E-state index in [0.717, 1.165) is 17.1 Å². The van der Waals surface area contributed by atoms with Gasteiger partial charge < -0.3 is 4.84 Å². The summed E-state index contributed by atoms with van der Waals surface area (Å²) >= 11 is 0. The first-order chi connectivity index (χ1) is 7.90. The summed E-state index contributed by atoms with van der Waals surface area (Å²) in [5.74, 6) is 0. The lowest BCUT2D eigenvalue weighted by atomic mass is 10.2. The molecule has 4 heteroatoms. The summed E-state index contributed by atoms with van der Waals surface area (Å²) in [5.41, 5.74) is 2.47. The van der Waals surface area contributed by atoms with Crippen molar-refractivity contribution in [3.8, 4) is 11.4 Å². The number of nitrogens with zero attached hydrogens (tertiary/aromatic N) is 3. The molecule has 0 radical (unpaired) electrons. The number of aromatic nitrogens is 2. The minimum absolute atomic E-state index is 0.324. The molecule has 2 rings (SSSR count). The molecule has 16 heavy (non-hydrogen) atoms. The van der Waals surface area contributed by atoms with E-state index in [-0.39, 0.29) is 0 Å². The van der Waals surface area contributed by atoms with E-state index in [1.165, 1.54) is 0 Å². The number of pyridine rings is 2. The van der Waals surface area contributed by atoms with Gasteiger partial charge in [-0.15, -0.1) is 5.16 Å². The molecule has 0 atom stereocenters. The average molecular weight is 213 g/mol. The highest BCUT2D eigenvalue weighted by Gasteiger charge is 2.01. The van der Waals surface area contributed by atoms with Gasteiger partial charge in [-0.25, -0.2) is 4.98 Å². The Morgan fingerprint density at radius 3 is 2.75 bits per heavy atom. The van der Waals surface area contributed by atoms with Crippen LogP contribution in [0.1, 0.15) is 5.69 Å². The Kier molecular flexibility index (Phi) is 3.23. The molecule has 0 saturated heterocycles. The second-order valence-electron chi connectivity index (χ2n) is 3.13. The standard InChI is InChI=1S/C12H11N3O/c1-13-16-9-10-5-4-7-12(15-10)11-6-2-3-8-14-11/h2-8H,1,9H2. The van der Waals surface area contributed by atoms with E-state index in [4.69, 9.17) is 4.84 Å². The lowest BCUT2D eigenvalue weighted by Gasteiger charge is -2.02. The van der Waals surface area contributed by atoms with E-state index >= 15 is 0 Å². The van der Waals surface area contributed by atoms with Crippen LogP contribution in [0.2, 0.25) is 0 Å². The smallest absolute Gasteiger partial charge is 0.159 e. The first kappa shape index (κ1) is 10.3. The molecule has 0 aliphatic rings. The van der Waals surface area contributed by atoms with E-state index in [1.54, 1.807) is 6.20 Å². The fourth-order valence-corrected chi connectivity index (χ4v) is 1.33. The van der Waals surface area contributed by atoms with Gasteiger partial charge in [0.15, 0.2) is 6.61 Å². The first-order valence-electron chi connectivity index (χ1n) is 4.85. The first-order valence-corrected chi connectivity index (χ1v) is 4.85. The van der Waals surface area contributed by atoms with Gasteiger partial charge in [0.2, 0.25) is 0 Å². The van der Waals surface area contributed by atoms with Crippen LogP contribution in [-0.4, -0.2) is 16.7 Å². The monoisotopic (exact) mass is 213 g/mol. The molecule has 2 aromatic rings. The van der Waals surface area contributed by atoms with Gasteiger partial charge in [-0.2, -0.15) is 0 Å². The van der Waals surface area contributed by atoms with Crippen molar-refractivity contribution >= 4 is 6.72 Å². The number of rotatable bonds is 4. The highest BCUT2D eigenvalue weighted by atomic mass is 16.6. The fourth-order valence-electron chi connectivity index (χ4n) is 1.33. The molecule has 0 bridgehead atoms. The molecule has 0 saturated carbocycles. The number of hydrogen-bond acceptors (Lipinski definition) is 4. The molecule has 0 aliphatic carbocycles. The van der Waals surface area contributed by atoms with Crippen molar-refractivity contribution in [2.75, 3.05) is 0 Å². The Labute approximate surface area is 93.6 Å². The minimum atomic E-state index is 0.324. The van der Waals surface area contributed by atoms with Crippen LogP contribution in [0.3, 0.4) is 0 Å². The minimum Gasteiger partial charge on any atom is -0.390 e. The van der Waals surface area contributed by atoms with E-state index in [2.05, 4.69) is 21.8 Å². The van der Waals surface area contributed by atoms with Crippen LogP contribution in [-0.2, 0) is 11.4 Å². The highest BCUT2D eigenvalue weighted by molar-refractivity contribution is 5.53. The van der Waals surface area contributed by atoms with Crippen molar-refractivity contribution in [2.45, 2.75) is 6.61 Å². The zero-order valence-electron chi connectivity index (χ0n) is 8.71. The van der Waals surface area contributed by atoms with Crippen LogP contribution in [0.15, 0.2) is 47.8 Å². The van der Waals surface area contributed by atoms with E-state index in [0.29, 0.717) is 6.61 Å². The third-order valence-corrected chi connectivity index (χ3v) is 2.04. The molecule has 4 nitrogen and oxygen atoms in total. The average Bonchev–Trinajstić information content (AvgIpc) is 2.38. The normalized spacial score (nSPS) is 9.75. The summed E-state index contributed by atoms with van der Waals surface area (Å²) in [7, 11) is 0. The summed E-state index contributed by atoms with van der Waals surface area (Å²) in [4.78, 5) is 13.5. The van der Waals surface area contributed by atoms with E-state index < -0.39 is 0 Å². The molecular formula is C12H11N3O. The Morgan fingerprint density at radius 2 is 2.00 bits per heavy atom. The maximum absolute atomic E-state index is 4.84. The van der Waals surface area contributed by atoms with Crippen molar-refractivity contribution in [1.29, 1.82) is 0 Å². The molecule has 2 aromatic heterocycles. The summed E-state index contributed by atoms with van der Waals surface area (Å²) in [6.45, 7) is 3.57. The summed E-state index contributed by atoms with van der Waals surface area (Å²) < 4.78 is 0. The van der Waals surface area contributed by atoms with Gasteiger partial charge in [0.05, 0.1) is 17.1 Å². The van der Waals surface area contributed by atoms with Gasteiger partial charge in [0.1, 0.15) is 0 Å². The van der Waals surface area contributed by atoms with E-state index in [9.17, 15) is 0 Å². The maximum atomic E-state index is 4.84. The maximum Gasteiger partial charge on any atom is 0.159 e. The molecule has 2 heterocycles. The second kappa shape index (κ2) is 5.02. The lowest BCUT2D eigenvalue weighted by molar-refractivity contribution is 0.130. The zero-order valence-corrected chi connectivity index (χ0v) is 8.71. The van der Waals surface area contributed by atoms with Gasteiger partial charge >= 0.3 is 0 Å². The van der Waals surface area contributed by atoms with Crippen molar-refractivity contribution in [3.05, 3.63) is 48.3 Å². The molecule has 0 aromatic carbocycles. The summed E-state index contributed by atoms with van der Waals surface area (Å²) in [5, 5.41) is 3.33. The Morgan fingerprint density at radius 1 is 1.12 bits per heavy atom. The third kappa shape index (κ3) is 2.42. The van der Waals surface area contributed by atoms with Gasteiger partial charge in [0.25, 0.3) is 0 Å². The zero-order chi connectivity index (χ0) is 11.2. The Balaban J connectivity index is 2.25.